The molecule has 0 aromatic heterocycles. The summed E-state index contributed by atoms with van der Waals surface area (Å²) in [6.07, 6.45) is 2.23. The molecule has 0 unspecified atom stereocenters. The maximum Gasteiger partial charge on any atom is 0.0504 e. The molecule has 0 saturated heterocycles. The highest BCUT2D eigenvalue weighted by Gasteiger charge is 2.41. The molecule has 0 bridgehead atoms. The Morgan fingerprint density at radius 1 is 1.50 bits per heavy atom. The summed E-state index contributed by atoms with van der Waals surface area (Å²) in [7, 11) is 0. The molecule has 4 N–H and O–H groups in total. The molecule has 0 radical (unpaired) electrons. The SMILES string of the molecule is Cc1cc(NCC2(CO)CC2)c(Br)cc1N. The molecule has 4 heteroatoms. The number of benzene rings is 1. The van der Waals surface area contributed by atoms with Gasteiger partial charge in [0.2, 0.25) is 0 Å². The predicted octanol–water partition coefficient (Wildman–Crippen LogP) is 2.52. The second kappa shape index (κ2) is 4.26. The quantitative estimate of drug-likeness (QED) is 0.745. The van der Waals surface area contributed by atoms with Crippen molar-refractivity contribution in [1.29, 1.82) is 0 Å². The zero-order chi connectivity index (χ0) is 11.8. The highest BCUT2D eigenvalue weighted by molar-refractivity contribution is 9.10. The Bertz CT molecular complexity index is 402. The van der Waals surface area contributed by atoms with Crippen molar-refractivity contribution in [3.63, 3.8) is 0 Å². The number of nitrogens with two attached hydrogens (primary N) is 1. The minimum absolute atomic E-state index is 0.120. The monoisotopic (exact) mass is 284 g/mol. The molecule has 0 spiro atoms. The van der Waals surface area contributed by atoms with Crippen LogP contribution in [0.5, 0.6) is 0 Å². The van der Waals surface area contributed by atoms with E-state index >= 15 is 0 Å². The van der Waals surface area contributed by atoms with Gasteiger partial charge in [-0.1, -0.05) is 0 Å². The van der Waals surface area contributed by atoms with Gasteiger partial charge in [0, 0.05) is 27.8 Å². The molecule has 1 aliphatic carbocycles. The van der Waals surface area contributed by atoms with Crippen LogP contribution in [0.2, 0.25) is 0 Å². The van der Waals surface area contributed by atoms with E-state index in [1.54, 1.807) is 0 Å². The first-order valence-corrected chi connectivity index (χ1v) is 6.26. The predicted molar refractivity (Wildman–Crippen MR) is 70.5 cm³/mol. The van der Waals surface area contributed by atoms with Gasteiger partial charge in [-0.25, -0.2) is 0 Å². The van der Waals surface area contributed by atoms with E-state index < -0.39 is 0 Å². The lowest BCUT2D eigenvalue weighted by atomic mass is 10.1. The molecule has 2 rings (SSSR count). The van der Waals surface area contributed by atoms with Crippen molar-refractivity contribution >= 4 is 27.3 Å². The van der Waals surface area contributed by atoms with Gasteiger partial charge in [0.25, 0.3) is 0 Å². The van der Waals surface area contributed by atoms with Crippen LogP contribution in [-0.2, 0) is 0 Å². The van der Waals surface area contributed by atoms with E-state index in [-0.39, 0.29) is 12.0 Å². The molecule has 1 aromatic rings. The Labute approximate surface area is 104 Å². The van der Waals surface area contributed by atoms with Crippen LogP contribution in [0.1, 0.15) is 18.4 Å². The van der Waals surface area contributed by atoms with Gasteiger partial charge < -0.3 is 16.2 Å². The fourth-order valence-corrected chi connectivity index (χ4v) is 2.18. The zero-order valence-corrected chi connectivity index (χ0v) is 11.0. The summed E-state index contributed by atoms with van der Waals surface area (Å²) in [5, 5.41) is 12.6. The highest BCUT2D eigenvalue weighted by Crippen LogP contribution is 2.45. The maximum absolute atomic E-state index is 9.23. The molecule has 1 aromatic carbocycles. The lowest BCUT2D eigenvalue weighted by molar-refractivity contribution is 0.220. The number of nitrogen functional groups attached to an aromatic ring is 1. The number of nitrogens with one attached hydrogen (secondary N) is 1. The first-order valence-electron chi connectivity index (χ1n) is 5.47. The average molecular weight is 285 g/mol. The van der Waals surface area contributed by atoms with Crippen LogP contribution in [0.4, 0.5) is 11.4 Å². The Balaban J connectivity index is 2.07. The van der Waals surface area contributed by atoms with E-state index in [1.807, 2.05) is 19.1 Å². The largest absolute Gasteiger partial charge is 0.398 e. The van der Waals surface area contributed by atoms with Crippen LogP contribution >= 0.6 is 15.9 Å². The minimum atomic E-state index is 0.120. The molecule has 16 heavy (non-hydrogen) atoms. The summed E-state index contributed by atoms with van der Waals surface area (Å²) in [5.74, 6) is 0. The standard InChI is InChI=1S/C12H17BrN2O/c1-8-4-11(9(13)5-10(8)14)15-6-12(7-16)2-3-12/h4-5,15-16H,2-3,6-7,14H2,1H3. The van der Waals surface area contributed by atoms with Crippen molar-refractivity contribution in [2.45, 2.75) is 19.8 Å². The van der Waals surface area contributed by atoms with Gasteiger partial charge in [0.15, 0.2) is 0 Å². The first-order chi connectivity index (χ1) is 7.56. The van der Waals surface area contributed by atoms with E-state index in [2.05, 4.69) is 21.2 Å². The molecular weight excluding hydrogens is 268 g/mol. The Kier molecular flexibility index (Phi) is 3.13. The van der Waals surface area contributed by atoms with Crippen molar-refractivity contribution in [3.8, 4) is 0 Å². The molecular formula is C12H17BrN2O. The topological polar surface area (TPSA) is 58.3 Å². The van der Waals surface area contributed by atoms with E-state index in [4.69, 9.17) is 5.73 Å². The molecule has 1 aliphatic rings. The maximum atomic E-state index is 9.23. The van der Waals surface area contributed by atoms with Gasteiger partial charge in [0.05, 0.1) is 6.61 Å². The lowest BCUT2D eigenvalue weighted by Gasteiger charge is -2.16. The zero-order valence-electron chi connectivity index (χ0n) is 9.39. The highest BCUT2D eigenvalue weighted by atomic mass is 79.9. The van der Waals surface area contributed by atoms with Crippen LogP contribution in [0.25, 0.3) is 0 Å². The third-order valence-corrected chi connectivity index (χ3v) is 3.96. The molecule has 0 heterocycles. The third kappa shape index (κ3) is 2.33. The van der Waals surface area contributed by atoms with E-state index in [0.717, 1.165) is 40.8 Å². The smallest absolute Gasteiger partial charge is 0.0504 e. The number of aliphatic hydroxyl groups is 1. The molecule has 0 aliphatic heterocycles. The van der Waals surface area contributed by atoms with Crippen LogP contribution in [-0.4, -0.2) is 18.3 Å². The van der Waals surface area contributed by atoms with E-state index in [9.17, 15) is 5.11 Å². The molecule has 3 nitrogen and oxygen atoms in total. The fraction of sp³-hybridized carbons (Fsp3) is 0.500. The van der Waals surface area contributed by atoms with E-state index in [1.165, 1.54) is 0 Å². The van der Waals surface area contributed by atoms with Crippen LogP contribution in [0, 0.1) is 12.3 Å². The van der Waals surface area contributed by atoms with Gasteiger partial charge in [-0.3, -0.25) is 0 Å². The average Bonchev–Trinajstić information content (AvgIpc) is 3.02. The molecule has 0 atom stereocenters. The van der Waals surface area contributed by atoms with Crippen molar-refractivity contribution in [2.75, 3.05) is 24.2 Å². The number of hydrogen-bond donors (Lipinski definition) is 3. The Hall–Kier alpha value is -0.740. The Morgan fingerprint density at radius 3 is 2.75 bits per heavy atom. The van der Waals surface area contributed by atoms with Gasteiger partial charge in [-0.05, 0) is 53.4 Å². The summed E-state index contributed by atoms with van der Waals surface area (Å²) in [6.45, 7) is 3.09. The van der Waals surface area contributed by atoms with Crippen molar-refractivity contribution in [2.24, 2.45) is 5.41 Å². The summed E-state index contributed by atoms with van der Waals surface area (Å²) in [4.78, 5) is 0. The third-order valence-electron chi connectivity index (χ3n) is 3.30. The summed E-state index contributed by atoms with van der Waals surface area (Å²) < 4.78 is 0.976. The van der Waals surface area contributed by atoms with Gasteiger partial charge in [0.1, 0.15) is 0 Å². The summed E-state index contributed by atoms with van der Waals surface area (Å²) >= 11 is 3.49. The minimum Gasteiger partial charge on any atom is -0.398 e. The van der Waals surface area contributed by atoms with E-state index in [0.29, 0.717) is 0 Å². The normalized spacial score (nSPS) is 17.2. The fourth-order valence-electron chi connectivity index (χ4n) is 1.68. The molecule has 88 valence electrons. The molecule has 1 saturated carbocycles. The Morgan fingerprint density at radius 2 is 2.19 bits per heavy atom. The van der Waals surface area contributed by atoms with Gasteiger partial charge in [-0.2, -0.15) is 0 Å². The lowest BCUT2D eigenvalue weighted by Crippen LogP contribution is -2.19. The number of aliphatic hydroxyl groups excluding tert-OH is 1. The van der Waals surface area contributed by atoms with Crippen LogP contribution in [0.3, 0.4) is 0 Å². The number of halogens is 1. The second-order valence-electron chi connectivity index (χ2n) is 4.70. The number of rotatable bonds is 4. The van der Waals surface area contributed by atoms with Crippen molar-refractivity contribution < 1.29 is 5.11 Å². The van der Waals surface area contributed by atoms with Crippen LogP contribution < -0.4 is 11.1 Å². The van der Waals surface area contributed by atoms with Crippen LogP contribution in [0.15, 0.2) is 16.6 Å². The summed E-state index contributed by atoms with van der Waals surface area (Å²) in [6, 6.07) is 3.95. The van der Waals surface area contributed by atoms with Crippen molar-refractivity contribution in [3.05, 3.63) is 22.2 Å². The number of anilines is 2. The summed E-state index contributed by atoms with van der Waals surface area (Å²) in [5.41, 5.74) is 8.84. The van der Waals surface area contributed by atoms with Crippen molar-refractivity contribution in [1.82, 2.24) is 0 Å². The number of aryl methyl sites for hydroxylation is 1. The van der Waals surface area contributed by atoms with Gasteiger partial charge in [-0.15, -0.1) is 0 Å². The number of hydrogen-bond acceptors (Lipinski definition) is 3. The first kappa shape index (κ1) is 11.7. The molecule has 0 amide bonds. The second-order valence-corrected chi connectivity index (χ2v) is 5.55. The molecule has 1 fully saturated rings. The van der Waals surface area contributed by atoms with Gasteiger partial charge >= 0.3 is 0 Å².